The summed E-state index contributed by atoms with van der Waals surface area (Å²) in [7, 11) is -3.77. The van der Waals surface area contributed by atoms with E-state index < -0.39 is 10.0 Å². The Morgan fingerprint density at radius 1 is 0.923 bits per heavy atom. The van der Waals surface area contributed by atoms with Crippen molar-refractivity contribution in [3.8, 4) is 10.6 Å². The molecule has 2 heterocycles. The van der Waals surface area contributed by atoms with Crippen LogP contribution in [0.3, 0.4) is 0 Å². The summed E-state index contributed by atoms with van der Waals surface area (Å²) in [6.07, 6.45) is 4.26. The number of fused-ring (bicyclic) bond motifs is 2. The molecule has 1 aliphatic carbocycles. The quantitative estimate of drug-likeness (QED) is 0.220. The normalized spacial score (nSPS) is 13.3. The van der Waals surface area contributed by atoms with Crippen molar-refractivity contribution in [2.24, 2.45) is 0 Å². The third-order valence-corrected chi connectivity index (χ3v) is 11.1. The first-order valence-electron chi connectivity index (χ1n) is 13.0. The van der Waals surface area contributed by atoms with E-state index in [0.29, 0.717) is 17.8 Å². The Morgan fingerprint density at radius 3 is 2.38 bits per heavy atom. The largest absolute Gasteiger partial charge is 0.313 e. The van der Waals surface area contributed by atoms with Gasteiger partial charge in [-0.3, -0.25) is 9.10 Å². The van der Waals surface area contributed by atoms with E-state index in [1.165, 1.54) is 26.9 Å². The van der Waals surface area contributed by atoms with Gasteiger partial charge in [-0.2, -0.15) is 0 Å². The molecule has 3 aromatic carbocycles. The van der Waals surface area contributed by atoms with E-state index in [1.807, 2.05) is 36.4 Å². The lowest BCUT2D eigenvalue weighted by molar-refractivity contribution is 0.102. The van der Waals surface area contributed by atoms with Crippen LogP contribution in [0.4, 0.5) is 10.7 Å². The third kappa shape index (κ3) is 4.86. The number of aryl methyl sites for hydroxylation is 1. The van der Waals surface area contributed by atoms with Crippen LogP contribution in [0.25, 0.3) is 20.8 Å². The summed E-state index contributed by atoms with van der Waals surface area (Å²) in [4.78, 5) is 19.7. The number of para-hydroxylation sites is 2. The second kappa shape index (κ2) is 10.6. The zero-order valence-corrected chi connectivity index (χ0v) is 23.8. The predicted molar refractivity (Wildman–Crippen MR) is 161 cm³/mol. The second-order valence-electron chi connectivity index (χ2n) is 9.39. The fourth-order valence-electron chi connectivity index (χ4n) is 5.03. The van der Waals surface area contributed by atoms with Crippen molar-refractivity contribution in [1.29, 1.82) is 0 Å². The minimum absolute atomic E-state index is 0.145. The Labute approximate surface area is 236 Å². The molecule has 39 heavy (non-hydrogen) atoms. The number of thiazole rings is 1. The molecule has 0 aliphatic heterocycles. The van der Waals surface area contributed by atoms with Crippen molar-refractivity contribution in [1.82, 2.24) is 4.98 Å². The Balaban J connectivity index is 1.29. The molecule has 0 saturated heterocycles. The van der Waals surface area contributed by atoms with Crippen LogP contribution in [-0.2, 0) is 22.9 Å². The molecule has 0 fully saturated rings. The highest BCUT2D eigenvalue weighted by molar-refractivity contribution is 7.92. The first-order valence-corrected chi connectivity index (χ1v) is 16.0. The Hall–Kier alpha value is -3.53. The average molecular weight is 574 g/mol. The minimum atomic E-state index is -3.77. The van der Waals surface area contributed by atoms with E-state index in [1.54, 1.807) is 53.9 Å². The number of sulfonamides is 1. The van der Waals surface area contributed by atoms with E-state index in [9.17, 15) is 13.2 Å². The van der Waals surface area contributed by atoms with Crippen molar-refractivity contribution in [3.05, 3.63) is 94.9 Å². The van der Waals surface area contributed by atoms with E-state index in [-0.39, 0.29) is 10.8 Å². The molecule has 198 valence electrons. The molecule has 0 saturated carbocycles. The van der Waals surface area contributed by atoms with Gasteiger partial charge < -0.3 is 5.32 Å². The molecule has 9 heteroatoms. The summed E-state index contributed by atoms with van der Waals surface area (Å²) in [6, 6.07) is 23.3. The summed E-state index contributed by atoms with van der Waals surface area (Å²) >= 11 is 3.28. The van der Waals surface area contributed by atoms with E-state index >= 15 is 0 Å². The predicted octanol–water partition coefficient (Wildman–Crippen LogP) is 7.37. The number of amides is 1. The molecule has 0 spiro atoms. The van der Waals surface area contributed by atoms with Gasteiger partial charge in [-0.1, -0.05) is 30.3 Å². The average Bonchev–Trinajstić information content (AvgIpc) is 3.54. The van der Waals surface area contributed by atoms with Crippen molar-refractivity contribution in [2.45, 2.75) is 37.5 Å². The fourth-order valence-corrected chi connectivity index (χ4v) is 8.89. The monoisotopic (exact) mass is 573 g/mol. The highest BCUT2D eigenvalue weighted by atomic mass is 32.2. The van der Waals surface area contributed by atoms with Crippen LogP contribution in [0.2, 0.25) is 0 Å². The van der Waals surface area contributed by atoms with E-state index in [2.05, 4.69) is 11.4 Å². The fraction of sp³-hybridized carbons (Fsp3) is 0.200. The van der Waals surface area contributed by atoms with Crippen molar-refractivity contribution in [3.63, 3.8) is 0 Å². The zero-order valence-electron chi connectivity index (χ0n) is 21.4. The number of anilines is 2. The number of thiophene rings is 1. The molecule has 2 aromatic heterocycles. The zero-order chi connectivity index (χ0) is 27.0. The molecule has 0 radical (unpaired) electrons. The summed E-state index contributed by atoms with van der Waals surface area (Å²) in [5.74, 6) is -0.268. The summed E-state index contributed by atoms with van der Waals surface area (Å²) in [5.41, 5.74) is 4.29. The van der Waals surface area contributed by atoms with Gasteiger partial charge in [0.25, 0.3) is 15.9 Å². The van der Waals surface area contributed by atoms with Gasteiger partial charge in [0, 0.05) is 22.5 Å². The summed E-state index contributed by atoms with van der Waals surface area (Å²) in [5, 5.41) is 4.86. The molecule has 0 bridgehead atoms. The third-order valence-electron chi connectivity index (χ3n) is 6.94. The van der Waals surface area contributed by atoms with Crippen LogP contribution in [0.15, 0.2) is 83.8 Å². The number of carbonyl (C=O) groups excluding carboxylic acids is 1. The standard InChI is InChI=1S/C30H27N3O3S3/c1-2-33(21-10-4-3-5-11-21)39(35,36)22-18-16-20(17-19-22)28(34)32-30-27(23-12-6-8-14-25(23)37-30)29-31-24-13-7-9-15-26(24)38-29/h3-5,7,9-11,13,15-19H,2,6,8,12,14H2,1H3,(H,32,34). The van der Waals surface area contributed by atoms with Crippen LogP contribution in [-0.4, -0.2) is 25.9 Å². The van der Waals surface area contributed by atoms with Crippen molar-refractivity contribution in [2.75, 3.05) is 16.2 Å². The maximum absolute atomic E-state index is 13.4. The SMILES string of the molecule is CCN(c1ccccc1)S(=O)(=O)c1ccc(C(=O)Nc2sc3c(c2-c2nc4ccccc4s2)CCCC3)cc1. The molecule has 0 unspecified atom stereocenters. The van der Waals surface area contributed by atoms with Gasteiger partial charge in [-0.15, -0.1) is 22.7 Å². The topological polar surface area (TPSA) is 79.4 Å². The summed E-state index contributed by atoms with van der Waals surface area (Å²) < 4.78 is 29.2. The number of carbonyl (C=O) groups is 1. The number of rotatable bonds is 7. The minimum Gasteiger partial charge on any atom is -0.313 e. The smallest absolute Gasteiger partial charge is 0.264 e. The van der Waals surface area contributed by atoms with Crippen LogP contribution >= 0.6 is 22.7 Å². The molecule has 1 N–H and O–H groups in total. The highest BCUT2D eigenvalue weighted by Gasteiger charge is 2.26. The molecule has 5 aromatic rings. The first-order chi connectivity index (χ1) is 19.0. The Morgan fingerprint density at radius 2 is 1.64 bits per heavy atom. The van der Waals surface area contributed by atoms with Crippen molar-refractivity contribution < 1.29 is 13.2 Å². The Bertz CT molecular complexity index is 1720. The Kier molecular flexibility index (Phi) is 6.97. The molecule has 6 rings (SSSR count). The lowest BCUT2D eigenvalue weighted by atomic mass is 9.95. The van der Waals surface area contributed by atoms with Crippen LogP contribution in [0, 0.1) is 0 Å². The lowest BCUT2D eigenvalue weighted by Crippen LogP contribution is -2.30. The van der Waals surface area contributed by atoms with Gasteiger partial charge in [0.2, 0.25) is 0 Å². The number of aromatic nitrogens is 1. The number of hydrogen-bond donors (Lipinski definition) is 1. The van der Waals surface area contributed by atoms with Crippen LogP contribution in [0.1, 0.15) is 40.6 Å². The maximum Gasteiger partial charge on any atom is 0.264 e. The van der Waals surface area contributed by atoms with E-state index in [0.717, 1.165) is 51.5 Å². The molecule has 1 aliphatic rings. The lowest BCUT2D eigenvalue weighted by Gasteiger charge is -2.23. The second-order valence-corrected chi connectivity index (χ2v) is 13.4. The number of nitrogens with one attached hydrogen (secondary N) is 1. The van der Waals surface area contributed by atoms with Gasteiger partial charge in [0.15, 0.2) is 0 Å². The van der Waals surface area contributed by atoms with Crippen molar-refractivity contribution >= 4 is 59.5 Å². The molecule has 1 amide bonds. The summed E-state index contributed by atoms with van der Waals surface area (Å²) in [6.45, 7) is 2.10. The van der Waals surface area contributed by atoms with Gasteiger partial charge >= 0.3 is 0 Å². The van der Waals surface area contributed by atoms with Gasteiger partial charge in [0.05, 0.1) is 20.8 Å². The number of hydrogen-bond acceptors (Lipinski definition) is 6. The molecular formula is C30H27N3O3S3. The van der Waals surface area contributed by atoms with Crippen LogP contribution < -0.4 is 9.62 Å². The number of nitrogens with zero attached hydrogens (tertiary/aromatic N) is 2. The van der Waals surface area contributed by atoms with Gasteiger partial charge in [-0.25, -0.2) is 13.4 Å². The van der Waals surface area contributed by atoms with Gasteiger partial charge in [0.1, 0.15) is 10.0 Å². The first kappa shape index (κ1) is 25.7. The molecule has 6 nitrogen and oxygen atoms in total. The highest BCUT2D eigenvalue weighted by Crippen LogP contribution is 2.46. The maximum atomic E-state index is 13.4. The van der Waals surface area contributed by atoms with E-state index in [4.69, 9.17) is 4.98 Å². The molecular weight excluding hydrogens is 547 g/mol. The van der Waals surface area contributed by atoms with Crippen LogP contribution in [0.5, 0.6) is 0 Å². The number of benzene rings is 3. The van der Waals surface area contributed by atoms with Gasteiger partial charge in [-0.05, 0) is 86.7 Å². The molecule has 0 atom stereocenters.